The van der Waals surface area contributed by atoms with Crippen molar-refractivity contribution in [2.24, 2.45) is 0 Å². The van der Waals surface area contributed by atoms with Crippen LogP contribution in [0.2, 0.25) is 0 Å². The molecule has 4 heteroatoms. The molecule has 0 atom stereocenters. The third-order valence-corrected chi connectivity index (χ3v) is 2.67. The lowest BCUT2D eigenvalue weighted by atomic mass is 9.99. The topological polar surface area (TPSA) is 44.8 Å². The lowest BCUT2D eigenvalue weighted by Gasteiger charge is -2.12. The van der Waals surface area contributed by atoms with Crippen molar-refractivity contribution in [3.63, 3.8) is 0 Å². The summed E-state index contributed by atoms with van der Waals surface area (Å²) in [6.45, 7) is 0. The van der Waals surface area contributed by atoms with Crippen molar-refractivity contribution in [2.75, 3.05) is 14.2 Å². The fourth-order valence-electron chi connectivity index (χ4n) is 1.86. The summed E-state index contributed by atoms with van der Waals surface area (Å²) in [5.74, 6) is -0.137. The van der Waals surface area contributed by atoms with Gasteiger partial charge in [0.15, 0.2) is 5.75 Å². The highest BCUT2D eigenvalue weighted by Gasteiger charge is 2.19. The minimum absolute atomic E-state index is 0.329. The molecule has 98 valence electrons. The van der Waals surface area contributed by atoms with Gasteiger partial charge in [0.25, 0.3) is 0 Å². The first kappa shape index (κ1) is 13.1. The van der Waals surface area contributed by atoms with Gasteiger partial charge in [-0.15, -0.1) is 0 Å². The maximum Gasteiger partial charge on any atom is 0.342 e. The number of carbonyl (C=O) groups excluding carboxylic acids is 1. The number of ether oxygens (including phenoxy) is 1. The smallest absolute Gasteiger partial charge is 0.342 e. The minimum atomic E-state index is -0.466. The Labute approximate surface area is 111 Å². The van der Waals surface area contributed by atoms with E-state index < -0.39 is 5.97 Å². The van der Waals surface area contributed by atoms with E-state index in [0.717, 1.165) is 11.1 Å². The Morgan fingerprint density at radius 2 is 1.68 bits per heavy atom. The number of carbonyl (C=O) groups is 1. The van der Waals surface area contributed by atoms with E-state index in [1.807, 2.05) is 36.4 Å². The average Bonchev–Trinajstić information content (AvgIpc) is 2.47. The van der Waals surface area contributed by atoms with Gasteiger partial charge in [-0.05, 0) is 11.6 Å². The van der Waals surface area contributed by atoms with Gasteiger partial charge in [-0.1, -0.05) is 42.5 Å². The van der Waals surface area contributed by atoms with Crippen LogP contribution in [0.25, 0.3) is 11.1 Å². The van der Waals surface area contributed by atoms with Crippen LogP contribution >= 0.6 is 0 Å². The molecular weight excluding hydrogens is 244 g/mol. The molecule has 0 radical (unpaired) electrons. The van der Waals surface area contributed by atoms with Gasteiger partial charge >= 0.3 is 5.97 Å². The highest BCUT2D eigenvalue weighted by molar-refractivity contribution is 6.00. The summed E-state index contributed by atoms with van der Waals surface area (Å²) in [7, 11) is 2.72. The van der Waals surface area contributed by atoms with Gasteiger partial charge in [-0.3, -0.25) is 0 Å². The monoisotopic (exact) mass is 258 g/mol. The Bertz CT molecular complexity index is 564. The van der Waals surface area contributed by atoms with Crippen LogP contribution < -0.4 is 4.89 Å². The normalized spacial score (nSPS) is 10.0. The molecule has 2 aromatic carbocycles. The van der Waals surface area contributed by atoms with Gasteiger partial charge in [0.2, 0.25) is 0 Å². The van der Waals surface area contributed by atoms with Crippen molar-refractivity contribution < 1.29 is 19.3 Å². The fraction of sp³-hybridized carbons (Fsp3) is 0.133. The van der Waals surface area contributed by atoms with Crippen molar-refractivity contribution in [1.29, 1.82) is 0 Å². The van der Waals surface area contributed by atoms with Crippen LogP contribution in [0.5, 0.6) is 5.75 Å². The molecular formula is C15H14O4. The van der Waals surface area contributed by atoms with Gasteiger partial charge < -0.3 is 9.62 Å². The largest absolute Gasteiger partial charge is 0.465 e. The number of methoxy groups -OCH3 is 1. The molecule has 19 heavy (non-hydrogen) atoms. The number of hydrogen-bond donors (Lipinski definition) is 0. The minimum Gasteiger partial charge on any atom is -0.465 e. The van der Waals surface area contributed by atoms with Crippen molar-refractivity contribution in [3.8, 4) is 16.9 Å². The number of rotatable bonds is 4. The van der Waals surface area contributed by atoms with E-state index in [9.17, 15) is 4.79 Å². The third-order valence-electron chi connectivity index (χ3n) is 2.67. The van der Waals surface area contributed by atoms with Crippen LogP contribution in [-0.4, -0.2) is 20.2 Å². The van der Waals surface area contributed by atoms with Crippen molar-refractivity contribution >= 4 is 5.97 Å². The first-order chi connectivity index (χ1) is 9.27. The third kappa shape index (κ3) is 2.74. The Hall–Kier alpha value is -2.33. The second-order valence-electron chi connectivity index (χ2n) is 3.79. The van der Waals surface area contributed by atoms with Gasteiger partial charge in [0.1, 0.15) is 5.56 Å². The SMILES string of the molecule is COOc1cccc(-c2ccccc2)c1C(=O)OC. The second kappa shape index (κ2) is 6.02. The molecule has 0 fully saturated rings. The molecule has 4 nitrogen and oxygen atoms in total. The van der Waals surface area contributed by atoms with Crippen LogP contribution in [-0.2, 0) is 9.62 Å². The lowest BCUT2D eigenvalue weighted by Crippen LogP contribution is -2.07. The molecule has 0 amide bonds. The average molecular weight is 258 g/mol. The van der Waals surface area contributed by atoms with Crippen LogP contribution in [0, 0.1) is 0 Å². The molecule has 2 aromatic rings. The molecule has 0 saturated heterocycles. The van der Waals surface area contributed by atoms with E-state index >= 15 is 0 Å². The molecule has 0 N–H and O–H groups in total. The quantitative estimate of drug-likeness (QED) is 0.480. The first-order valence-corrected chi connectivity index (χ1v) is 5.75. The highest BCUT2D eigenvalue weighted by atomic mass is 17.2. The summed E-state index contributed by atoms with van der Waals surface area (Å²) < 4.78 is 4.81. The van der Waals surface area contributed by atoms with E-state index in [4.69, 9.17) is 9.62 Å². The standard InChI is InChI=1S/C15H14O4/c1-17-15(16)14-12(11-7-4-3-5-8-11)9-6-10-13(14)19-18-2/h3-10H,1-2H3. The Morgan fingerprint density at radius 3 is 2.32 bits per heavy atom. The predicted octanol–water partition coefficient (Wildman–Crippen LogP) is 3.08. The maximum absolute atomic E-state index is 11.9. The van der Waals surface area contributed by atoms with Crippen molar-refractivity contribution in [1.82, 2.24) is 0 Å². The molecule has 0 unspecified atom stereocenters. The summed E-state index contributed by atoms with van der Waals surface area (Å²) in [5.41, 5.74) is 1.99. The molecule has 0 aliphatic carbocycles. The van der Waals surface area contributed by atoms with Gasteiger partial charge in [-0.2, -0.15) is 4.89 Å². The summed E-state index contributed by atoms with van der Waals surface area (Å²) in [5, 5.41) is 0. The second-order valence-corrected chi connectivity index (χ2v) is 3.79. The summed E-state index contributed by atoms with van der Waals surface area (Å²) in [4.78, 5) is 21.6. The first-order valence-electron chi connectivity index (χ1n) is 5.75. The highest BCUT2D eigenvalue weighted by Crippen LogP contribution is 2.31. The van der Waals surface area contributed by atoms with E-state index in [2.05, 4.69) is 4.89 Å². The number of hydrogen-bond acceptors (Lipinski definition) is 4. The van der Waals surface area contributed by atoms with E-state index in [-0.39, 0.29) is 0 Å². The van der Waals surface area contributed by atoms with E-state index in [1.165, 1.54) is 14.2 Å². The summed E-state index contributed by atoms with van der Waals surface area (Å²) in [6.07, 6.45) is 0. The fourth-order valence-corrected chi connectivity index (χ4v) is 1.86. The molecule has 0 saturated carbocycles. The molecule has 0 aliphatic heterocycles. The maximum atomic E-state index is 11.9. The molecule has 2 rings (SSSR count). The molecule has 0 heterocycles. The summed E-state index contributed by atoms with van der Waals surface area (Å²) in [6, 6.07) is 14.8. The lowest BCUT2D eigenvalue weighted by molar-refractivity contribution is -0.178. The molecule has 0 aromatic heterocycles. The molecule has 0 aliphatic rings. The Morgan fingerprint density at radius 1 is 0.947 bits per heavy atom. The summed E-state index contributed by atoms with van der Waals surface area (Å²) >= 11 is 0. The number of esters is 1. The van der Waals surface area contributed by atoms with E-state index in [0.29, 0.717) is 11.3 Å². The van der Waals surface area contributed by atoms with Crippen LogP contribution in [0.1, 0.15) is 10.4 Å². The van der Waals surface area contributed by atoms with Crippen LogP contribution in [0.3, 0.4) is 0 Å². The zero-order chi connectivity index (χ0) is 13.7. The Kier molecular flexibility index (Phi) is 4.15. The van der Waals surface area contributed by atoms with Gasteiger partial charge in [0.05, 0.1) is 14.2 Å². The Balaban J connectivity index is 2.60. The van der Waals surface area contributed by atoms with Gasteiger partial charge in [0, 0.05) is 5.56 Å². The number of benzene rings is 2. The zero-order valence-corrected chi connectivity index (χ0v) is 10.8. The van der Waals surface area contributed by atoms with Crippen molar-refractivity contribution in [2.45, 2.75) is 0 Å². The van der Waals surface area contributed by atoms with Crippen molar-refractivity contribution in [3.05, 3.63) is 54.1 Å². The zero-order valence-electron chi connectivity index (χ0n) is 10.8. The van der Waals surface area contributed by atoms with Crippen LogP contribution in [0.4, 0.5) is 0 Å². The van der Waals surface area contributed by atoms with Gasteiger partial charge in [-0.25, -0.2) is 4.79 Å². The predicted molar refractivity (Wildman–Crippen MR) is 70.9 cm³/mol. The van der Waals surface area contributed by atoms with E-state index in [1.54, 1.807) is 12.1 Å². The molecule has 0 bridgehead atoms. The van der Waals surface area contributed by atoms with Crippen LogP contribution in [0.15, 0.2) is 48.5 Å². The molecule has 0 spiro atoms.